The van der Waals surface area contributed by atoms with Crippen LogP contribution in [0.1, 0.15) is 13.3 Å². The molecule has 0 amide bonds. The molecule has 0 aromatic carbocycles. The van der Waals surface area contributed by atoms with Crippen LogP contribution >= 0.6 is 0 Å². The average molecular weight is 390 g/mol. The van der Waals surface area contributed by atoms with Crippen molar-refractivity contribution in [2.24, 2.45) is 17.8 Å². The molecule has 5 N–H and O–H groups in total. The molecule has 0 spiro atoms. The van der Waals surface area contributed by atoms with E-state index < -0.39 is 67.5 Å². The van der Waals surface area contributed by atoms with Crippen LogP contribution < -0.4 is 0 Å². The van der Waals surface area contributed by atoms with Crippen molar-refractivity contribution in [1.29, 1.82) is 0 Å². The smallest absolute Gasteiger partial charge is 0.337 e. The lowest BCUT2D eigenvalue weighted by Crippen LogP contribution is -2.60. The molecule has 10 nitrogen and oxygen atoms in total. The number of aliphatic hydroxyl groups is 5. The van der Waals surface area contributed by atoms with Gasteiger partial charge in [-0.1, -0.05) is 6.92 Å². The molecular formula is C17H26O10. The van der Waals surface area contributed by atoms with Crippen molar-refractivity contribution >= 4 is 5.97 Å². The van der Waals surface area contributed by atoms with E-state index in [9.17, 15) is 30.3 Å². The quantitative estimate of drug-likeness (QED) is 0.336. The van der Waals surface area contributed by atoms with E-state index in [-0.39, 0.29) is 11.5 Å². The Morgan fingerprint density at radius 1 is 1.19 bits per heavy atom. The van der Waals surface area contributed by atoms with Gasteiger partial charge < -0.3 is 44.5 Å². The Kier molecular flexibility index (Phi) is 6.06. The van der Waals surface area contributed by atoms with Gasteiger partial charge in [0.05, 0.1) is 31.7 Å². The second kappa shape index (κ2) is 8.00. The minimum atomic E-state index is -1.58. The molecule has 0 unspecified atom stereocenters. The summed E-state index contributed by atoms with van der Waals surface area (Å²) in [6.07, 6.45) is -7.31. The highest BCUT2D eigenvalue weighted by atomic mass is 16.8. The zero-order chi connectivity index (χ0) is 19.9. The lowest BCUT2D eigenvalue weighted by Gasteiger charge is -2.43. The van der Waals surface area contributed by atoms with Crippen molar-refractivity contribution in [2.45, 2.75) is 56.4 Å². The first-order valence-electron chi connectivity index (χ1n) is 8.88. The minimum absolute atomic E-state index is 0.0757. The van der Waals surface area contributed by atoms with Crippen LogP contribution in [0.25, 0.3) is 0 Å². The summed E-state index contributed by atoms with van der Waals surface area (Å²) in [5.41, 5.74) is 0.202. The van der Waals surface area contributed by atoms with Gasteiger partial charge >= 0.3 is 5.97 Å². The first-order chi connectivity index (χ1) is 12.8. The lowest BCUT2D eigenvalue weighted by molar-refractivity contribution is -0.342. The molecular weight excluding hydrogens is 364 g/mol. The average Bonchev–Trinajstić information content (AvgIpc) is 2.96. The molecule has 0 aromatic rings. The molecule has 10 atom stereocenters. The zero-order valence-electron chi connectivity index (χ0n) is 15.0. The van der Waals surface area contributed by atoms with Crippen molar-refractivity contribution in [3.05, 3.63) is 11.8 Å². The monoisotopic (exact) mass is 390 g/mol. The highest BCUT2D eigenvalue weighted by molar-refractivity contribution is 5.89. The highest BCUT2D eigenvalue weighted by Gasteiger charge is 2.53. The van der Waals surface area contributed by atoms with E-state index in [0.717, 1.165) is 0 Å². The van der Waals surface area contributed by atoms with Gasteiger partial charge in [0.1, 0.15) is 24.4 Å². The second-order valence-electron chi connectivity index (χ2n) is 7.29. The van der Waals surface area contributed by atoms with Crippen molar-refractivity contribution < 1.29 is 49.3 Å². The number of methoxy groups -OCH3 is 1. The topological polar surface area (TPSA) is 155 Å². The van der Waals surface area contributed by atoms with Crippen LogP contribution in [0.2, 0.25) is 0 Å². The summed E-state index contributed by atoms with van der Waals surface area (Å²) in [7, 11) is 1.24. The number of hydrogen-bond donors (Lipinski definition) is 5. The number of ether oxygens (including phenoxy) is 4. The van der Waals surface area contributed by atoms with Crippen LogP contribution in [0.4, 0.5) is 0 Å². The van der Waals surface area contributed by atoms with E-state index in [1.165, 1.54) is 13.4 Å². The van der Waals surface area contributed by atoms with E-state index in [4.69, 9.17) is 18.9 Å². The van der Waals surface area contributed by atoms with Crippen molar-refractivity contribution in [1.82, 2.24) is 0 Å². The summed E-state index contributed by atoms with van der Waals surface area (Å²) in [5, 5.41) is 49.6. The first-order valence-corrected chi connectivity index (χ1v) is 8.88. The van der Waals surface area contributed by atoms with Gasteiger partial charge in [0.2, 0.25) is 6.29 Å². The predicted octanol–water partition coefficient (Wildman–Crippen LogP) is -2.15. The molecule has 0 bridgehead atoms. The normalized spacial score (nSPS) is 47.0. The Labute approximate surface area is 155 Å². The molecule has 1 saturated carbocycles. The van der Waals surface area contributed by atoms with Gasteiger partial charge in [-0.05, 0) is 12.3 Å². The molecule has 1 saturated heterocycles. The molecule has 2 fully saturated rings. The maximum Gasteiger partial charge on any atom is 0.337 e. The zero-order valence-corrected chi connectivity index (χ0v) is 15.0. The van der Waals surface area contributed by atoms with E-state index in [0.29, 0.717) is 6.42 Å². The first kappa shape index (κ1) is 20.5. The number of hydrogen-bond acceptors (Lipinski definition) is 10. The molecule has 2 heterocycles. The number of rotatable bonds is 4. The summed E-state index contributed by atoms with van der Waals surface area (Å²) in [4.78, 5) is 12.0. The molecule has 3 rings (SSSR count). The lowest BCUT2D eigenvalue weighted by atomic mass is 9.82. The number of fused-ring (bicyclic) bond motifs is 1. The van der Waals surface area contributed by atoms with Gasteiger partial charge in [0.15, 0.2) is 6.29 Å². The molecule has 10 heteroatoms. The van der Waals surface area contributed by atoms with Crippen LogP contribution in [-0.2, 0) is 23.7 Å². The fraction of sp³-hybridized carbons (Fsp3) is 0.824. The van der Waals surface area contributed by atoms with Crippen molar-refractivity contribution in [3.8, 4) is 0 Å². The Morgan fingerprint density at radius 2 is 1.89 bits per heavy atom. The van der Waals surface area contributed by atoms with Crippen molar-refractivity contribution in [2.75, 3.05) is 13.7 Å². The Morgan fingerprint density at radius 3 is 2.52 bits per heavy atom. The largest absolute Gasteiger partial charge is 0.472 e. The van der Waals surface area contributed by atoms with E-state index in [2.05, 4.69) is 0 Å². The van der Waals surface area contributed by atoms with Crippen LogP contribution in [0, 0.1) is 17.8 Å². The van der Waals surface area contributed by atoms with Gasteiger partial charge in [0.25, 0.3) is 0 Å². The third kappa shape index (κ3) is 3.58. The number of aliphatic hydroxyl groups excluding tert-OH is 5. The number of carbonyl (C=O) groups excluding carboxylic acids is 1. The van der Waals surface area contributed by atoms with Gasteiger partial charge in [-0.3, -0.25) is 0 Å². The van der Waals surface area contributed by atoms with Crippen LogP contribution in [0.15, 0.2) is 11.8 Å². The summed E-state index contributed by atoms with van der Waals surface area (Å²) in [6, 6.07) is 0. The Hall–Kier alpha value is -1.27. The van der Waals surface area contributed by atoms with Gasteiger partial charge in [0, 0.05) is 11.8 Å². The second-order valence-corrected chi connectivity index (χ2v) is 7.29. The standard InChI is InChI=1S/C17H26O10/c1-6-3-8(19)11-7(15(23)24-2)5-25-16(10(6)11)27-17-14(22)13(21)12(20)9(4-18)26-17/h5-6,8-14,16-22H,3-4H2,1-2H3/t6-,8-,9+,10-,11+,12+,13-,14+,16+,17-/m0/s1. The van der Waals surface area contributed by atoms with Crippen LogP contribution in [0.3, 0.4) is 0 Å². The minimum Gasteiger partial charge on any atom is -0.472 e. The van der Waals surface area contributed by atoms with E-state index in [1.54, 1.807) is 0 Å². The van der Waals surface area contributed by atoms with Crippen LogP contribution in [-0.4, -0.2) is 88.3 Å². The molecule has 1 aliphatic carbocycles. The third-order valence-corrected chi connectivity index (χ3v) is 5.64. The van der Waals surface area contributed by atoms with Crippen molar-refractivity contribution in [3.63, 3.8) is 0 Å². The highest BCUT2D eigenvalue weighted by Crippen LogP contribution is 2.47. The maximum atomic E-state index is 12.0. The SMILES string of the molecule is COC(=O)C1=CO[C@H](O[C@@H]2O[C@H](CO)[C@@H](O)[C@H](O)[C@H]2O)[C@@H]2[C@H]1[C@@H](O)C[C@@H]2C. The number of esters is 1. The summed E-state index contributed by atoms with van der Waals surface area (Å²) in [5.74, 6) is -1.68. The Bertz CT molecular complexity index is 578. The fourth-order valence-corrected chi connectivity index (χ4v) is 4.19. The summed E-state index contributed by atoms with van der Waals surface area (Å²) in [6.45, 7) is 1.30. The molecule has 27 heavy (non-hydrogen) atoms. The van der Waals surface area contributed by atoms with Gasteiger partial charge in [-0.2, -0.15) is 0 Å². The van der Waals surface area contributed by atoms with Gasteiger partial charge in [-0.15, -0.1) is 0 Å². The molecule has 3 aliphatic rings. The number of carbonyl (C=O) groups is 1. The third-order valence-electron chi connectivity index (χ3n) is 5.64. The molecule has 0 radical (unpaired) electrons. The van der Waals surface area contributed by atoms with E-state index >= 15 is 0 Å². The summed E-state index contributed by atoms with van der Waals surface area (Å²) >= 11 is 0. The molecule has 0 aromatic heterocycles. The van der Waals surface area contributed by atoms with E-state index in [1.807, 2.05) is 6.92 Å². The fourth-order valence-electron chi connectivity index (χ4n) is 4.19. The Balaban J connectivity index is 1.80. The molecule has 154 valence electrons. The predicted molar refractivity (Wildman–Crippen MR) is 86.6 cm³/mol. The van der Waals surface area contributed by atoms with Crippen LogP contribution in [0.5, 0.6) is 0 Å². The van der Waals surface area contributed by atoms with Gasteiger partial charge in [-0.25, -0.2) is 4.79 Å². The summed E-state index contributed by atoms with van der Waals surface area (Å²) < 4.78 is 21.3. The maximum absolute atomic E-state index is 12.0. The molecule has 2 aliphatic heterocycles.